The summed E-state index contributed by atoms with van der Waals surface area (Å²) in [5.74, 6) is 0.738. The summed E-state index contributed by atoms with van der Waals surface area (Å²) in [6.07, 6.45) is 1.86. The van der Waals surface area contributed by atoms with Gasteiger partial charge >= 0.3 is 0 Å². The number of rotatable bonds is 10. The van der Waals surface area contributed by atoms with E-state index in [1.807, 2.05) is 69.3 Å². The second-order valence-corrected chi connectivity index (χ2v) is 11.5. The van der Waals surface area contributed by atoms with Crippen molar-refractivity contribution in [3.8, 4) is 0 Å². The van der Waals surface area contributed by atoms with Crippen molar-refractivity contribution in [1.82, 2.24) is 0 Å². The summed E-state index contributed by atoms with van der Waals surface area (Å²) in [7, 11) is -3.44. The molecule has 3 rings (SSSR count). The molecule has 180 valence electrons. The number of nitrogens with one attached hydrogen (secondary N) is 1. The van der Waals surface area contributed by atoms with E-state index in [-0.39, 0.29) is 18.9 Å². The molecule has 5 nitrogen and oxygen atoms in total. The summed E-state index contributed by atoms with van der Waals surface area (Å²) < 4.78 is 26.0. The molecule has 0 heterocycles. The lowest BCUT2D eigenvalue weighted by atomic mass is 10.1. The molecular formula is C27H32N2O3S2. The zero-order valence-electron chi connectivity index (χ0n) is 20.2. The number of benzene rings is 3. The summed E-state index contributed by atoms with van der Waals surface area (Å²) in [5, 5.41) is 2.97. The van der Waals surface area contributed by atoms with Crippen LogP contribution in [0.15, 0.2) is 71.6 Å². The number of nitrogens with zero attached hydrogens (tertiary/aromatic N) is 1. The third-order valence-corrected chi connectivity index (χ3v) is 7.93. The predicted octanol–water partition coefficient (Wildman–Crippen LogP) is 6.09. The molecule has 0 aliphatic heterocycles. The summed E-state index contributed by atoms with van der Waals surface area (Å²) in [5.41, 5.74) is 5.76. The van der Waals surface area contributed by atoms with E-state index < -0.39 is 10.0 Å². The van der Waals surface area contributed by atoms with E-state index in [9.17, 15) is 13.2 Å². The van der Waals surface area contributed by atoms with Crippen LogP contribution < -0.4 is 9.62 Å². The monoisotopic (exact) mass is 496 g/mol. The number of carbonyl (C=O) groups is 1. The molecule has 7 heteroatoms. The highest BCUT2D eigenvalue weighted by atomic mass is 32.2. The second kappa shape index (κ2) is 11.6. The molecule has 0 radical (unpaired) electrons. The van der Waals surface area contributed by atoms with Gasteiger partial charge in [-0.3, -0.25) is 9.10 Å². The summed E-state index contributed by atoms with van der Waals surface area (Å²) in [4.78, 5) is 13.8. The van der Waals surface area contributed by atoms with Crippen LogP contribution in [0.4, 0.5) is 11.4 Å². The fourth-order valence-electron chi connectivity index (χ4n) is 3.60. The zero-order valence-corrected chi connectivity index (χ0v) is 21.8. The molecule has 0 saturated heterocycles. The molecule has 0 bridgehead atoms. The van der Waals surface area contributed by atoms with Gasteiger partial charge in [0.25, 0.3) is 0 Å². The number of sulfonamides is 1. The number of anilines is 2. The first-order valence-electron chi connectivity index (χ1n) is 11.3. The lowest BCUT2D eigenvalue weighted by Crippen LogP contribution is -2.31. The van der Waals surface area contributed by atoms with Crippen LogP contribution in [0, 0.1) is 20.8 Å². The maximum absolute atomic E-state index is 12.5. The van der Waals surface area contributed by atoms with E-state index in [1.165, 1.54) is 21.0 Å². The van der Waals surface area contributed by atoms with Gasteiger partial charge in [-0.25, -0.2) is 8.42 Å². The summed E-state index contributed by atoms with van der Waals surface area (Å²) in [6, 6.07) is 21.9. The van der Waals surface area contributed by atoms with Gasteiger partial charge in [-0.1, -0.05) is 36.4 Å². The van der Waals surface area contributed by atoms with E-state index >= 15 is 0 Å². The molecule has 0 aromatic heterocycles. The van der Waals surface area contributed by atoms with Crippen LogP contribution in [0.3, 0.4) is 0 Å². The van der Waals surface area contributed by atoms with Crippen LogP contribution in [0.1, 0.15) is 35.1 Å². The van der Waals surface area contributed by atoms with Crippen LogP contribution in [-0.4, -0.2) is 27.1 Å². The lowest BCUT2D eigenvalue weighted by molar-refractivity contribution is -0.116. The summed E-state index contributed by atoms with van der Waals surface area (Å²) in [6.45, 7) is 6.19. The Morgan fingerprint density at radius 3 is 2.29 bits per heavy atom. The van der Waals surface area contributed by atoms with Crippen LogP contribution in [-0.2, 0) is 20.6 Å². The minimum atomic E-state index is -3.44. The van der Waals surface area contributed by atoms with Gasteiger partial charge in [0, 0.05) is 29.3 Å². The fraction of sp³-hybridized carbons (Fsp3) is 0.296. The van der Waals surface area contributed by atoms with Gasteiger partial charge in [0.2, 0.25) is 15.9 Å². The van der Waals surface area contributed by atoms with Gasteiger partial charge < -0.3 is 5.32 Å². The second-order valence-electron chi connectivity index (χ2n) is 8.51. The van der Waals surface area contributed by atoms with Crippen molar-refractivity contribution in [1.29, 1.82) is 0 Å². The summed E-state index contributed by atoms with van der Waals surface area (Å²) >= 11 is 1.78. The molecule has 0 spiro atoms. The standard InChI is InChI=1S/C27H32N2O3S2/c1-20-12-14-24(18-21(20)2)29(34(4,31)32)16-8-11-27(30)28-26-15-13-23(17-22(26)3)19-33-25-9-6-5-7-10-25/h5-7,9-10,12-15,17-18H,8,11,16,19H2,1-4H3,(H,28,30). The smallest absolute Gasteiger partial charge is 0.232 e. The third-order valence-electron chi connectivity index (χ3n) is 5.66. The number of amides is 1. The zero-order chi connectivity index (χ0) is 24.7. The Morgan fingerprint density at radius 2 is 1.65 bits per heavy atom. The average molecular weight is 497 g/mol. The van der Waals surface area contributed by atoms with Gasteiger partial charge in [0.1, 0.15) is 0 Å². The van der Waals surface area contributed by atoms with E-state index in [0.717, 1.165) is 28.1 Å². The molecule has 0 unspecified atom stereocenters. The third kappa shape index (κ3) is 7.37. The van der Waals surface area contributed by atoms with Crippen molar-refractivity contribution in [2.24, 2.45) is 0 Å². The quantitative estimate of drug-likeness (QED) is 0.345. The van der Waals surface area contributed by atoms with Gasteiger partial charge in [-0.2, -0.15) is 0 Å². The molecule has 3 aromatic rings. The Balaban J connectivity index is 1.54. The Bertz CT molecular complexity index is 1240. The van der Waals surface area contributed by atoms with Gasteiger partial charge in [0.15, 0.2) is 0 Å². The lowest BCUT2D eigenvalue weighted by Gasteiger charge is -2.23. The van der Waals surface area contributed by atoms with Crippen molar-refractivity contribution in [2.75, 3.05) is 22.4 Å². The highest BCUT2D eigenvalue weighted by Gasteiger charge is 2.18. The Labute approximate surface area is 207 Å². The predicted molar refractivity (Wildman–Crippen MR) is 143 cm³/mol. The SMILES string of the molecule is Cc1ccc(N(CCCC(=O)Nc2ccc(CSc3ccccc3)cc2C)S(C)(=O)=O)cc1C. The Morgan fingerprint density at radius 1 is 0.912 bits per heavy atom. The van der Waals surface area contributed by atoms with Gasteiger partial charge in [-0.15, -0.1) is 11.8 Å². The van der Waals surface area contributed by atoms with Crippen molar-refractivity contribution in [2.45, 2.75) is 44.3 Å². The van der Waals surface area contributed by atoms with E-state index in [2.05, 4.69) is 23.5 Å². The highest BCUT2D eigenvalue weighted by Crippen LogP contribution is 2.25. The molecule has 0 aliphatic carbocycles. The van der Waals surface area contributed by atoms with E-state index in [0.29, 0.717) is 12.1 Å². The topological polar surface area (TPSA) is 66.5 Å². The van der Waals surface area contributed by atoms with E-state index in [4.69, 9.17) is 0 Å². The first-order chi connectivity index (χ1) is 16.1. The first kappa shape index (κ1) is 25.8. The maximum Gasteiger partial charge on any atom is 0.232 e. The molecule has 1 amide bonds. The number of hydrogen-bond donors (Lipinski definition) is 1. The minimum Gasteiger partial charge on any atom is -0.326 e. The fourth-order valence-corrected chi connectivity index (χ4v) is 5.42. The Hall–Kier alpha value is -2.77. The molecular weight excluding hydrogens is 464 g/mol. The minimum absolute atomic E-state index is 0.122. The van der Waals surface area contributed by atoms with Crippen molar-refractivity contribution in [3.63, 3.8) is 0 Å². The molecule has 0 fully saturated rings. The molecule has 0 aliphatic rings. The van der Waals surface area contributed by atoms with Crippen LogP contribution >= 0.6 is 11.8 Å². The molecule has 3 aromatic carbocycles. The number of thioether (sulfide) groups is 1. The largest absolute Gasteiger partial charge is 0.326 e. The van der Waals surface area contributed by atoms with Crippen molar-refractivity contribution >= 4 is 39.1 Å². The van der Waals surface area contributed by atoms with E-state index in [1.54, 1.807) is 11.8 Å². The highest BCUT2D eigenvalue weighted by molar-refractivity contribution is 7.98. The number of hydrogen-bond acceptors (Lipinski definition) is 4. The van der Waals surface area contributed by atoms with Crippen molar-refractivity contribution < 1.29 is 13.2 Å². The van der Waals surface area contributed by atoms with Crippen LogP contribution in [0.2, 0.25) is 0 Å². The molecule has 1 N–H and O–H groups in total. The molecule has 0 saturated carbocycles. The molecule has 34 heavy (non-hydrogen) atoms. The van der Waals surface area contributed by atoms with Crippen molar-refractivity contribution in [3.05, 3.63) is 89.0 Å². The van der Waals surface area contributed by atoms with Crippen LogP contribution in [0.25, 0.3) is 0 Å². The maximum atomic E-state index is 12.5. The Kier molecular flexibility index (Phi) is 8.80. The average Bonchev–Trinajstić information content (AvgIpc) is 2.79. The van der Waals surface area contributed by atoms with Gasteiger partial charge in [-0.05, 0) is 79.8 Å². The number of aryl methyl sites for hydroxylation is 3. The first-order valence-corrected chi connectivity index (χ1v) is 14.1. The normalized spacial score (nSPS) is 11.3. The van der Waals surface area contributed by atoms with Gasteiger partial charge in [0.05, 0.1) is 11.9 Å². The number of carbonyl (C=O) groups excluding carboxylic acids is 1. The van der Waals surface area contributed by atoms with Crippen LogP contribution in [0.5, 0.6) is 0 Å². The molecule has 0 atom stereocenters.